The molecule has 0 aliphatic rings. The first-order chi connectivity index (χ1) is 14.1. The lowest BCUT2D eigenvalue weighted by atomic mass is 10.1. The van der Waals surface area contributed by atoms with Gasteiger partial charge in [0.15, 0.2) is 0 Å². The number of hydrogen-bond donors (Lipinski definition) is 1. The molecule has 6 heteroatoms. The minimum atomic E-state index is -0.650. The number of ether oxygens (including phenoxy) is 1. The number of fused-ring (bicyclic) bond motifs is 1. The van der Waals surface area contributed by atoms with Crippen molar-refractivity contribution in [3.63, 3.8) is 0 Å². The van der Waals surface area contributed by atoms with E-state index in [1.807, 2.05) is 62.4 Å². The number of aliphatic hydroxyl groups excluding tert-OH is 1. The van der Waals surface area contributed by atoms with Crippen LogP contribution in [0.1, 0.15) is 11.1 Å². The molecule has 0 aliphatic carbocycles. The van der Waals surface area contributed by atoms with E-state index in [-0.39, 0.29) is 6.61 Å². The van der Waals surface area contributed by atoms with Crippen LogP contribution in [0.25, 0.3) is 22.2 Å². The van der Waals surface area contributed by atoms with Crippen molar-refractivity contribution in [1.82, 2.24) is 10.2 Å². The van der Waals surface area contributed by atoms with E-state index in [1.165, 1.54) is 11.8 Å². The third-order valence-corrected chi connectivity index (χ3v) is 5.40. The van der Waals surface area contributed by atoms with E-state index in [2.05, 4.69) is 22.3 Å². The Hall–Kier alpha value is -2.83. The summed E-state index contributed by atoms with van der Waals surface area (Å²) < 4.78 is 11.5. The predicted octanol–water partition coefficient (Wildman–Crippen LogP) is 5.04. The fraction of sp³-hybridized carbons (Fsp3) is 0.217. The Morgan fingerprint density at radius 3 is 2.52 bits per heavy atom. The zero-order valence-electron chi connectivity index (χ0n) is 16.3. The summed E-state index contributed by atoms with van der Waals surface area (Å²) >= 11 is 1.32. The number of nitrogens with zero attached hydrogens (tertiary/aromatic N) is 2. The van der Waals surface area contributed by atoms with E-state index >= 15 is 0 Å². The minimum Gasteiger partial charge on any atom is -0.491 e. The second kappa shape index (κ2) is 8.68. The van der Waals surface area contributed by atoms with E-state index in [0.717, 1.165) is 33.2 Å². The molecule has 0 aliphatic heterocycles. The molecule has 1 heterocycles. The van der Waals surface area contributed by atoms with Gasteiger partial charge in [-0.15, -0.1) is 10.2 Å². The van der Waals surface area contributed by atoms with Crippen LogP contribution in [0.3, 0.4) is 0 Å². The number of aryl methyl sites for hydroxylation is 2. The predicted molar refractivity (Wildman–Crippen MR) is 115 cm³/mol. The van der Waals surface area contributed by atoms with Crippen LogP contribution in [0.5, 0.6) is 5.75 Å². The molecule has 29 heavy (non-hydrogen) atoms. The number of aliphatic hydroxyl groups is 1. The Bertz CT molecular complexity index is 1110. The zero-order chi connectivity index (χ0) is 20.2. The molecule has 5 nitrogen and oxygen atoms in total. The van der Waals surface area contributed by atoms with Crippen molar-refractivity contribution >= 4 is 22.5 Å². The van der Waals surface area contributed by atoms with Gasteiger partial charge in [0.25, 0.3) is 5.22 Å². The van der Waals surface area contributed by atoms with E-state index in [4.69, 9.17) is 9.15 Å². The number of aromatic nitrogens is 2. The Morgan fingerprint density at radius 1 is 0.966 bits per heavy atom. The van der Waals surface area contributed by atoms with Crippen LogP contribution in [-0.2, 0) is 0 Å². The fourth-order valence-corrected chi connectivity index (χ4v) is 3.82. The molecule has 1 atom stereocenters. The molecule has 0 amide bonds. The van der Waals surface area contributed by atoms with Crippen molar-refractivity contribution in [2.45, 2.75) is 25.2 Å². The van der Waals surface area contributed by atoms with Gasteiger partial charge < -0.3 is 14.3 Å². The molecule has 1 aromatic heterocycles. The maximum atomic E-state index is 10.2. The van der Waals surface area contributed by atoms with Crippen LogP contribution in [0, 0.1) is 13.8 Å². The molecule has 148 valence electrons. The Morgan fingerprint density at radius 2 is 1.72 bits per heavy atom. The molecule has 4 rings (SSSR count). The molecule has 3 aromatic carbocycles. The van der Waals surface area contributed by atoms with Gasteiger partial charge in [0.05, 0.1) is 6.10 Å². The minimum absolute atomic E-state index is 0.198. The first-order valence-corrected chi connectivity index (χ1v) is 10.4. The highest BCUT2D eigenvalue weighted by atomic mass is 32.2. The lowest BCUT2D eigenvalue weighted by Crippen LogP contribution is -2.20. The average molecular weight is 407 g/mol. The summed E-state index contributed by atoms with van der Waals surface area (Å²) in [6.45, 7) is 4.27. The summed E-state index contributed by atoms with van der Waals surface area (Å²) in [5.74, 6) is 1.63. The van der Waals surface area contributed by atoms with Gasteiger partial charge >= 0.3 is 0 Å². The van der Waals surface area contributed by atoms with Crippen molar-refractivity contribution in [1.29, 1.82) is 0 Å². The second-order valence-corrected chi connectivity index (χ2v) is 8.01. The van der Waals surface area contributed by atoms with Crippen molar-refractivity contribution in [3.05, 3.63) is 71.8 Å². The van der Waals surface area contributed by atoms with E-state index in [0.29, 0.717) is 16.9 Å². The van der Waals surface area contributed by atoms with Crippen molar-refractivity contribution in [2.75, 3.05) is 12.4 Å². The van der Waals surface area contributed by atoms with Gasteiger partial charge in [-0.25, -0.2) is 0 Å². The van der Waals surface area contributed by atoms with Crippen molar-refractivity contribution in [3.8, 4) is 17.2 Å². The van der Waals surface area contributed by atoms with Gasteiger partial charge in [-0.2, -0.15) is 0 Å². The van der Waals surface area contributed by atoms with E-state index < -0.39 is 6.10 Å². The van der Waals surface area contributed by atoms with Crippen molar-refractivity contribution < 1.29 is 14.3 Å². The molecule has 4 aromatic rings. The highest BCUT2D eigenvalue weighted by Crippen LogP contribution is 2.26. The summed E-state index contributed by atoms with van der Waals surface area (Å²) in [7, 11) is 0. The average Bonchev–Trinajstić information content (AvgIpc) is 3.19. The summed E-state index contributed by atoms with van der Waals surface area (Å²) in [6, 6.07) is 20.1. The SMILES string of the molecule is Cc1cc(C)cc(-c2nnc(SCC(O)COc3ccc4ccccc4c3)o2)c1. The number of rotatable bonds is 7. The highest BCUT2D eigenvalue weighted by Gasteiger charge is 2.13. The molecular formula is C23H22N2O3S. The summed E-state index contributed by atoms with van der Waals surface area (Å²) in [5.41, 5.74) is 3.20. The first-order valence-electron chi connectivity index (χ1n) is 9.41. The molecule has 0 saturated heterocycles. The summed E-state index contributed by atoms with van der Waals surface area (Å²) in [5, 5.41) is 21.1. The molecular weight excluding hydrogens is 384 g/mol. The molecule has 1 unspecified atom stereocenters. The largest absolute Gasteiger partial charge is 0.491 e. The third kappa shape index (κ3) is 4.96. The second-order valence-electron chi connectivity index (χ2n) is 7.03. The van der Waals surface area contributed by atoms with Crippen LogP contribution in [0.15, 0.2) is 70.3 Å². The normalized spacial score (nSPS) is 12.2. The number of hydrogen-bond acceptors (Lipinski definition) is 6. The summed E-state index contributed by atoms with van der Waals surface area (Å²) in [4.78, 5) is 0. The van der Waals surface area contributed by atoms with Crippen molar-refractivity contribution in [2.24, 2.45) is 0 Å². The monoisotopic (exact) mass is 406 g/mol. The van der Waals surface area contributed by atoms with Crippen LogP contribution >= 0.6 is 11.8 Å². The quantitative estimate of drug-likeness (QED) is 0.434. The van der Waals surface area contributed by atoms with E-state index in [9.17, 15) is 5.11 Å². The molecule has 0 saturated carbocycles. The maximum Gasteiger partial charge on any atom is 0.276 e. The molecule has 0 bridgehead atoms. The topological polar surface area (TPSA) is 68.4 Å². The van der Waals surface area contributed by atoms with Gasteiger partial charge in [-0.3, -0.25) is 0 Å². The maximum absolute atomic E-state index is 10.2. The highest BCUT2D eigenvalue weighted by molar-refractivity contribution is 7.99. The lowest BCUT2D eigenvalue weighted by molar-refractivity contribution is 0.126. The van der Waals surface area contributed by atoms with Crippen LogP contribution in [0.4, 0.5) is 0 Å². The number of thioether (sulfide) groups is 1. The summed E-state index contributed by atoms with van der Waals surface area (Å²) in [6.07, 6.45) is -0.650. The molecule has 0 radical (unpaired) electrons. The Kier molecular flexibility index (Phi) is 5.83. The van der Waals surface area contributed by atoms with Gasteiger partial charge in [-0.05, 0) is 48.9 Å². The molecule has 0 spiro atoms. The van der Waals surface area contributed by atoms with Crippen LogP contribution < -0.4 is 4.74 Å². The Balaban J connectivity index is 1.31. The number of benzene rings is 3. The lowest BCUT2D eigenvalue weighted by Gasteiger charge is -2.11. The van der Waals surface area contributed by atoms with Gasteiger partial charge in [0, 0.05) is 11.3 Å². The van der Waals surface area contributed by atoms with Gasteiger partial charge in [0.2, 0.25) is 5.89 Å². The van der Waals surface area contributed by atoms with Crippen LogP contribution in [-0.4, -0.2) is 33.8 Å². The van der Waals surface area contributed by atoms with Crippen LogP contribution in [0.2, 0.25) is 0 Å². The van der Waals surface area contributed by atoms with E-state index in [1.54, 1.807) is 0 Å². The van der Waals surface area contributed by atoms with Gasteiger partial charge in [-0.1, -0.05) is 59.3 Å². The van der Waals surface area contributed by atoms with Gasteiger partial charge in [0.1, 0.15) is 12.4 Å². The third-order valence-electron chi connectivity index (χ3n) is 4.44. The molecule has 0 fully saturated rings. The fourth-order valence-electron chi connectivity index (χ4n) is 3.15. The molecule has 1 N–H and O–H groups in total. The zero-order valence-corrected chi connectivity index (χ0v) is 17.1. The standard InChI is InChI=1S/C23H22N2O3S/c1-15-9-16(2)11-19(10-15)22-24-25-23(28-22)29-14-20(26)13-27-21-8-7-17-5-3-4-6-18(17)12-21/h3-12,20,26H,13-14H2,1-2H3. The first kappa shape index (κ1) is 19.5. The Labute approximate surface area is 173 Å². The smallest absolute Gasteiger partial charge is 0.276 e.